The Hall–Kier alpha value is -3.08. The highest BCUT2D eigenvalue weighted by Crippen LogP contribution is 2.32. The molecule has 168 valence electrons. The lowest BCUT2D eigenvalue weighted by molar-refractivity contribution is -0.120. The summed E-state index contributed by atoms with van der Waals surface area (Å²) in [5.41, 5.74) is 4.01. The molecule has 1 aliphatic heterocycles. The van der Waals surface area contributed by atoms with Crippen LogP contribution in [-0.4, -0.2) is 24.3 Å². The summed E-state index contributed by atoms with van der Waals surface area (Å²) in [7, 11) is 1.64. The summed E-state index contributed by atoms with van der Waals surface area (Å²) in [5.74, 6) is 0.790. The average Bonchev–Trinajstić information content (AvgIpc) is 2.79. The third-order valence-corrected chi connectivity index (χ3v) is 6.38. The minimum Gasteiger partial charge on any atom is -0.497 e. The molecule has 0 atom stereocenters. The molecule has 2 N–H and O–H groups in total. The Labute approximate surface area is 190 Å². The molecular formula is C27H32N2O3. The van der Waals surface area contributed by atoms with Gasteiger partial charge in [-0.1, -0.05) is 37.5 Å². The van der Waals surface area contributed by atoms with E-state index >= 15 is 0 Å². The summed E-state index contributed by atoms with van der Waals surface area (Å²) in [6.07, 6.45) is 7.84. The molecule has 0 radical (unpaired) electrons. The molecule has 32 heavy (non-hydrogen) atoms. The summed E-state index contributed by atoms with van der Waals surface area (Å²) in [4.78, 5) is 25.8. The number of carbonyl (C=O) groups excluding carboxylic acids is 2. The first kappa shape index (κ1) is 22.1. The van der Waals surface area contributed by atoms with E-state index in [0.29, 0.717) is 11.3 Å². The number of fused-ring (bicyclic) bond motifs is 1. The molecule has 4 rings (SSSR count). The van der Waals surface area contributed by atoms with Gasteiger partial charge in [0.25, 0.3) is 0 Å². The van der Waals surface area contributed by atoms with Crippen molar-refractivity contribution in [2.45, 2.75) is 57.9 Å². The van der Waals surface area contributed by atoms with Crippen molar-refractivity contribution in [3.8, 4) is 5.75 Å². The fourth-order valence-corrected chi connectivity index (χ4v) is 4.73. The van der Waals surface area contributed by atoms with Gasteiger partial charge < -0.3 is 15.4 Å². The molecule has 2 aromatic rings. The summed E-state index contributed by atoms with van der Waals surface area (Å²) >= 11 is 0. The van der Waals surface area contributed by atoms with Crippen molar-refractivity contribution in [3.63, 3.8) is 0 Å². The summed E-state index contributed by atoms with van der Waals surface area (Å²) in [6, 6.07) is 13.2. The van der Waals surface area contributed by atoms with Gasteiger partial charge >= 0.3 is 0 Å². The fourth-order valence-electron chi connectivity index (χ4n) is 4.73. The molecule has 2 aromatic carbocycles. The van der Waals surface area contributed by atoms with Crippen LogP contribution in [0.3, 0.4) is 0 Å². The van der Waals surface area contributed by atoms with Gasteiger partial charge in [-0.2, -0.15) is 0 Å². The third kappa shape index (κ3) is 5.04. The van der Waals surface area contributed by atoms with Crippen LogP contribution in [0.5, 0.6) is 5.75 Å². The topological polar surface area (TPSA) is 67.4 Å². The first-order chi connectivity index (χ1) is 15.3. The van der Waals surface area contributed by atoms with Crippen LogP contribution < -0.4 is 15.4 Å². The van der Waals surface area contributed by atoms with Crippen molar-refractivity contribution < 1.29 is 14.3 Å². The maximum Gasteiger partial charge on any atom is 0.227 e. The number of rotatable bonds is 5. The Balaban J connectivity index is 1.57. The van der Waals surface area contributed by atoms with Gasteiger partial charge in [-0.25, -0.2) is 0 Å². The van der Waals surface area contributed by atoms with E-state index in [4.69, 9.17) is 4.74 Å². The largest absolute Gasteiger partial charge is 0.497 e. The second kappa shape index (κ2) is 9.19. The molecule has 0 saturated heterocycles. The lowest BCUT2D eigenvalue weighted by Crippen LogP contribution is -2.43. The average molecular weight is 433 g/mol. The fraction of sp³-hybridized carbons (Fsp3) is 0.407. The molecule has 5 nitrogen and oxygen atoms in total. The Morgan fingerprint density at radius 1 is 1.09 bits per heavy atom. The number of allylic oxidation sites excluding steroid dienone is 1. The van der Waals surface area contributed by atoms with Crippen LogP contribution in [0.15, 0.2) is 48.5 Å². The lowest BCUT2D eigenvalue weighted by Gasteiger charge is -2.35. The molecule has 1 fully saturated rings. The molecule has 0 unspecified atom stereocenters. The zero-order chi connectivity index (χ0) is 22.7. The summed E-state index contributed by atoms with van der Waals surface area (Å²) in [5, 5.41) is 6.52. The number of methoxy groups -OCH3 is 1. The number of ether oxygens (including phenoxy) is 1. The van der Waals surface area contributed by atoms with Gasteiger partial charge in [0.15, 0.2) is 5.78 Å². The molecule has 0 spiro atoms. The normalized spacial score (nSPS) is 19.0. The highest BCUT2D eigenvalue weighted by atomic mass is 16.5. The van der Waals surface area contributed by atoms with Gasteiger partial charge in [0.2, 0.25) is 5.91 Å². The minimum atomic E-state index is -0.163. The van der Waals surface area contributed by atoms with E-state index in [1.54, 1.807) is 25.3 Å². The molecule has 1 heterocycles. The second-order valence-electron chi connectivity index (χ2n) is 9.54. The maximum atomic E-state index is 13.2. The van der Waals surface area contributed by atoms with E-state index in [1.807, 2.05) is 24.3 Å². The van der Waals surface area contributed by atoms with Crippen LogP contribution in [0, 0.1) is 5.92 Å². The second-order valence-corrected chi connectivity index (χ2v) is 9.54. The SMILES string of the molecule is COc1ccc2c(c1)C(=CC(=O)c1cccc(NC(=O)C3CCCCC3)c1)NC(C)(C)C2. The first-order valence-corrected chi connectivity index (χ1v) is 11.5. The van der Waals surface area contributed by atoms with Crippen molar-refractivity contribution >= 4 is 23.1 Å². The maximum absolute atomic E-state index is 13.2. The Bertz CT molecular complexity index is 1050. The predicted octanol–water partition coefficient (Wildman–Crippen LogP) is 5.36. The lowest BCUT2D eigenvalue weighted by atomic mass is 9.85. The zero-order valence-electron chi connectivity index (χ0n) is 19.2. The Morgan fingerprint density at radius 3 is 2.62 bits per heavy atom. The Morgan fingerprint density at radius 2 is 1.88 bits per heavy atom. The van der Waals surface area contributed by atoms with Gasteiger partial charge in [0.1, 0.15) is 5.75 Å². The molecular weight excluding hydrogens is 400 g/mol. The van der Waals surface area contributed by atoms with Crippen molar-refractivity contribution in [3.05, 3.63) is 65.2 Å². The molecule has 1 aliphatic carbocycles. The van der Waals surface area contributed by atoms with Gasteiger partial charge in [-0.3, -0.25) is 9.59 Å². The van der Waals surface area contributed by atoms with Gasteiger partial charge in [0.05, 0.1) is 7.11 Å². The van der Waals surface area contributed by atoms with Gasteiger partial charge in [-0.15, -0.1) is 0 Å². The van der Waals surface area contributed by atoms with Crippen LogP contribution in [0.4, 0.5) is 5.69 Å². The van der Waals surface area contributed by atoms with Crippen molar-refractivity contribution in [1.82, 2.24) is 5.32 Å². The van der Waals surface area contributed by atoms with Crippen molar-refractivity contribution in [2.24, 2.45) is 5.92 Å². The number of carbonyl (C=O) groups is 2. The van der Waals surface area contributed by atoms with Crippen LogP contribution >= 0.6 is 0 Å². The number of anilines is 1. The summed E-state index contributed by atoms with van der Waals surface area (Å²) < 4.78 is 5.39. The molecule has 5 heteroatoms. The van der Waals surface area contributed by atoms with Gasteiger partial charge in [-0.05, 0) is 62.9 Å². The molecule has 0 bridgehead atoms. The van der Waals surface area contributed by atoms with Crippen molar-refractivity contribution in [1.29, 1.82) is 0 Å². The van der Waals surface area contributed by atoms with Crippen LogP contribution in [0.1, 0.15) is 67.4 Å². The number of hydrogen-bond acceptors (Lipinski definition) is 4. The predicted molar refractivity (Wildman–Crippen MR) is 128 cm³/mol. The standard InChI is InChI=1S/C27H32N2O3/c1-27(2)17-20-12-13-22(32-3)15-23(20)24(29-27)16-25(30)19-10-7-11-21(14-19)28-26(31)18-8-5-4-6-9-18/h7,10-16,18,29H,4-6,8-9,17H2,1-3H3,(H,28,31). The number of hydrogen-bond donors (Lipinski definition) is 2. The van der Waals surface area contributed by atoms with E-state index in [1.165, 1.54) is 12.0 Å². The van der Waals surface area contributed by atoms with E-state index < -0.39 is 0 Å². The van der Waals surface area contributed by atoms with E-state index in [2.05, 4.69) is 30.5 Å². The van der Waals surface area contributed by atoms with Gasteiger partial charge in [0, 0.05) is 40.0 Å². The van der Waals surface area contributed by atoms with E-state index in [0.717, 1.165) is 49.1 Å². The molecule has 0 aromatic heterocycles. The number of nitrogens with one attached hydrogen (secondary N) is 2. The molecule has 1 amide bonds. The highest BCUT2D eigenvalue weighted by molar-refractivity contribution is 6.09. The number of benzene rings is 2. The van der Waals surface area contributed by atoms with Crippen molar-refractivity contribution in [2.75, 3.05) is 12.4 Å². The zero-order valence-corrected chi connectivity index (χ0v) is 19.2. The number of ketones is 1. The van der Waals surface area contributed by atoms with E-state index in [9.17, 15) is 9.59 Å². The monoisotopic (exact) mass is 432 g/mol. The van der Waals surface area contributed by atoms with Crippen LogP contribution in [0.25, 0.3) is 5.70 Å². The minimum absolute atomic E-state index is 0.0596. The smallest absolute Gasteiger partial charge is 0.227 e. The third-order valence-electron chi connectivity index (χ3n) is 6.38. The Kier molecular flexibility index (Phi) is 6.35. The highest BCUT2D eigenvalue weighted by Gasteiger charge is 2.28. The molecule has 2 aliphatic rings. The number of amides is 1. The van der Waals surface area contributed by atoms with Crippen LogP contribution in [-0.2, 0) is 11.2 Å². The first-order valence-electron chi connectivity index (χ1n) is 11.5. The molecule has 1 saturated carbocycles. The van der Waals surface area contributed by atoms with Crippen LogP contribution in [0.2, 0.25) is 0 Å². The summed E-state index contributed by atoms with van der Waals surface area (Å²) in [6.45, 7) is 4.25. The quantitative estimate of drug-likeness (QED) is 0.493. The van der Waals surface area contributed by atoms with E-state index in [-0.39, 0.29) is 23.1 Å².